The molecule has 490 valence electrons. The summed E-state index contributed by atoms with van der Waals surface area (Å²) in [6.07, 6.45) is 0. The van der Waals surface area contributed by atoms with Crippen molar-refractivity contribution in [3.8, 4) is 0 Å². The van der Waals surface area contributed by atoms with Crippen LogP contribution in [0, 0.1) is 277 Å². The van der Waals surface area contributed by atoms with Crippen molar-refractivity contribution in [2.45, 2.75) is 277 Å². The third-order valence-corrected chi connectivity index (χ3v) is 23.5. The molecule has 0 saturated carbocycles. The Hall–Kier alpha value is -5.74. The Balaban J connectivity index is 0.000000502. The number of hydrogen-bond acceptors (Lipinski definition) is 9. The van der Waals surface area contributed by atoms with Gasteiger partial charge in [-0.15, -0.1) is 34.0 Å². The van der Waals surface area contributed by atoms with Gasteiger partial charge in [0.25, 0.3) is 0 Å². The number of furan rings is 2. The van der Waals surface area contributed by atoms with Crippen LogP contribution in [0.25, 0.3) is 0 Å². The molecular formula is C80H120N4O2S3. The largest absolute Gasteiger partial charge is 0.466 e. The summed E-state index contributed by atoms with van der Waals surface area (Å²) in [5.74, 6) is 4.19. The molecule has 0 saturated heterocycles. The molecule has 0 fully saturated rings. The van der Waals surface area contributed by atoms with E-state index in [-0.39, 0.29) is 0 Å². The van der Waals surface area contributed by atoms with Crippen LogP contribution in [0.2, 0.25) is 0 Å². The first kappa shape index (κ1) is 81.3. The summed E-state index contributed by atoms with van der Waals surface area (Å²) in [7, 11) is 0. The van der Waals surface area contributed by atoms with Crippen molar-refractivity contribution in [3.63, 3.8) is 0 Å². The monoisotopic (exact) mass is 1260 g/mol. The normalized spacial score (nSPS) is 10.2. The van der Waals surface area contributed by atoms with Gasteiger partial charge in [-0.2, -0.15) is 0 Å². The van der Waals surface area contributed by atoms with Crippen LogP contribution in [0.15, 0.2) is 8.83 Å². The van der Waals surface area contributed by atoms with Gasteiger partial charge >= 0.3 is 0 Å². The van der Waals surface area contributed by atoms with Crippen LogP contribution in [0.3, 0.4) is 0 Å². The van der Waals surface area contributed by atoms with E-state index in [1.807, 2.05) is 89.4 Å². The summed E-state index contributed by atoms with van der Waals surface area (Å²) in [6, 6.07) is 0. The van der Waals surface area contributed by atoms with Crippen LogP contribution in [0.5, 0.6) is 0 Å². The van der Waals surface area contributed by atoms with Crippen LogP contribution in [-0.2, 0) is 0 Å². The quantitative estimate of drug-likeness (QED) is 0.151. The minimum atomic E-state index is 1.03. The Kier molecular flexibility index (Phi) is 32.6. The molecule has 8 heterocycles. The van der Waals surface area contributed by atoms with Gasteiger partial charge in [0.1, 0.15) is 23.0 Å². The molecule has 9 aromatic rings. The number of aryl methyl sites for hydroxylation is 18. The second-order valence-corrected chi connectivity index (χ2v) is 29.2. The van der Waals surface area contributed by atoms with Crippen LogP contribution >= 0.6 is 34.0 Å². The SMILES string of the molecule is Cc1c(C)c(C)c(C)c(C)c1C.Cc1nc(C)c(C)c(C)c1C.Cc1nc(C)c(C)c(C)c1C.Cc1nc(C)c(C)nc1C.Cc1oc(C)c(C)c1C.Cc1oc(C)c(C)c1C.Cc1sc(C)c(C)c1C.Cc1sc(C)c(C)c1C.Cc1sc(C)c(C)c1C. The zero-order valence-corrected chi connectivity index (χ0v) is 66.3. The van der Waals surface area contributed by atoms with Gasteiger partial charge in [0.05, 0.1) is 22.8 Å². The molecule has 8 aromatic heterocycles. The summed E-state index contributed by atoms with van der Waals surface area (Å²) in [4.78, 5) is 26.3. The topological polar surface area (TPSA) is 77.8 Å². The molecule has 0 aliphatic carbocycles. The highest BCUT2D eigenvalue weighted by Gasteiger charge is 2.11. The van der Waals surface area contributed by atoms with Crippen molar-refractivity contribution < 1.29 is 8.83 Å². The molecule has 0 bridgehead atoms. The lowest BCUT2D eigenvalue weighted by molar-refractivity contribution is 0.500. The summed E-state index contributed by atoms with van der Waals surface area (Å²) < 4.78 is 10.7. The minimum absolute atomic E-state index is 1.03. The minimum Gasteiger partial charge on any atom is -0.466 e. The first-order chi connectivity index (χ1) is 40.8. The van der Waals surface area contributed by atoms with E-state index < -0.39 is 0 Å². The maximum absolute atomic E-state index is 5.34. The van der Waals surface area contributed by atoms with E-state index in [2.05, 4.69) is 241 Å². The fourth-order valence-electron chi connectivity index (χ4n) is 9.55. The summed E-state index contributed by atoms with van der Waals surface area (Å²) in [5.41, 5.74) is 39.5. The van der Waals surface area contributed by atoms with Gasteiger partial charge in [-0.25, -0.2) is 0 Å². The van der Waals surface area contributed by atoms with Gasteiger partial charge in [0.2, 0.25) is 0 Å². The Morgan fingerprint density at radius 1 is 0.146 bits per heavy atom. The number of thiophene rings is 3. The van der Waals surface area contributed by atoms with Crippen molar-refractivity contribution in [2.24, 2.45) is 0 Å². The Morgan fingerprint density at radius 2 is 0.270 bits per heavy atom. The number of rotatable bonds is 0. The predicted molar refractivity (Wildman–Crippen MR) is 397 cm³/mol. The van der Waals surface area contributed by atoms with E-state index in [1.54, 1.807) is 0 Å². The first-order valence-electron chi connectivity index (χ1n) is 31.6. The second-order valence-electron chi connectivity index (χ2n) is 25.0. The van der Waals surface area contributed by atoms with E-state index in [9.17, 15) is 0 Å². The van der Waals surface area contributed by atoms with Gasteiger partial charge in [-0.3, -0.25) is 19.9 Å². The second kappa shape index (κ2) is 35.8. The van der Waals surface area contributed by atoms with Crippen molar-refractivity contribution in [1.82, 2.24) is 19.9 Å². The third-order valence-electron chi connectivity index (χ3n) is 19.8. The predicted octanol–water partition coefficient (Wildman–Crippen LogP) is 24.5. The van der Waals surface area contributed by atoms with Crippen LogP contribution in [-0.4, -0.2) is 19.9 Å². The summed E-state index contributed by atoms with van der Waals surface area (Å²) in [6.45, 7) is 84.8. The third kappa shape index (κ3) is 22.3. The Morgan fingerprint density at radius 3 is 0.371 bits per heavy atom. The number of pyridine rings is 2. The molecule has 0 N–H and O–H groups in total. The number of aromatic nitrogens is 4. The zero-order valence-electron chi connectivity index (χ0n) is 63.8. The highest BCUT2D eigenvalue weighted by Crippen LogP contribution is 2.29. The lowest BCUT2D eigenvalue weighted by Crippen LogP contribution is -1.98. The Labute approximate surface area is 556 Å². The lowest BCUT2D eigenvalue weighted by Gasteiger charge is -2.15. The maximum atomic E-state index is 5.34. The first-order valence-corrected chi connectivity index (χ1v) is 34.0. The summed E-state index contributed by atoms with van der Waals surface area (Å²) in [5, 5.41) is 0. The fraction of sp³-hybridized carbons (Fsp3) is 0.500. The van der Waals surface area contributed by atoms with E-state index >= 15 is 0 Å². The summed E-state index contributed by atoms with van der Waals surface area (Å²) >= 11 is 5.69. The van der Waals surface area contributed by atoms with Gasteiger partial charge in [-0.1, -0.05) is 0 Å². The molecule has 6 nitrogen and oxygen atoms in total. The molecule has 89 heavy (non-hydrogen) atoms. The van der Waals surface area contributed by atoms with Crippen molar-refractivity contribution >= 4 is 34.0 Å². The van der Waals surface area contributed by atoms with Crippen molar-refractivity contribution in [3.05, 3.63) is 220 Å². The molecule has 0 atom stereocenters. The molecule has 1 aromatic carbocycles. The molecule has 0 spiro atoms. The van der Waals surface area contributed by atoms with E-state index in [0.29, 0.717) is 0 Å². The average Bonchev–Trinajstić information content (AvgIpc) is 2.01. The van der Waals surface area contributed by atoms with E-state index in [0.717, 1.165) is 68.6 Å². The fourth-order valence-corrected chi connectivity index (χ4v) is 12.8. The molecular weight excluding hydrogens is 1150 g/mol. The smallest absolute Gasteiger partial charge is 0.104 e. The van der Waals surface area contributed by atoms with E-state index in [1.165, 1.54) is 152 Å². The number of benzene rings is 1. The molecule has 0 amide bonds. The molecule has 9 rings (SSSR count). The molecule has 9 heteroatoms. The van der Waals surface area contributed by atoms with E-state index in [4.69, 9.17) is 8.83 Å². The number of hydrogen-bond donors (Lipinski definition) is 0. The highest BCUT2D eigenvalue weighted by molar-refractivity contribution is 7.12. The molecule has 0 aliphatic rings. The highest BCUT2D eigenvalue weighted by atomic mass is 32.1. The molecule has 0 unspecified atom stereocenters. The van der Waals surface area contributed by atoms with Gasteiger partial charge < -0.3 is 8.83 Å². The van der Waals surface area contributed by atoms with Gasteiger partial charge in [-0.05, 0) is 399 Å². The van der Waals surface area contributed by atoms with Gasteiger partial charge in [0, 0.05) is 52.0 Å². The van der Waals surface area contributed by atoms with Crippen molar-refractivity contribution in [2.75, 3.05) is 0 Å². The maximum Gasteiger partial charge on any atom is 0.104 e. The molecule has 0 aliphatic heterocycles. The average molecular weight is 1270 g/mol. The standard InChI is InChI=1S/C12H18.2C10H15N.C8H12N2.2C8H12O.3C8H12S/c1-7-8(2)10(4)12(6)11(5)9(7)3;2*1-6-7(2)9(4)11-10(5)8(6)3;1-5-6(2)10-8(4)7(3)9-5;5*1-5-6(2)8(4)9-7(5)3/h1-6H3;2*1-5H3;1-4H3;5*1-4H3. The van der Waals surface area contributed by atoms with Crippen molar-refractivity contribution in [1.29, 1.82) is 0 Å². The van der Waals surface area contributed by atoms with Crippen LogP contribution < -0.4 is 0 Å². The van der Waals surface area contributed by atoms with Crippen LogP contribution in [0.4, 0.5) is 0 Å². The van der Waals surface area contributed by atoms with Gasteiger partial charge in [0.15, 0.2) is 0 Å². The lowest BCUT2D eigenvalue weighted by atomic mass is 9.90. The number of nitrogens with zero attached hydrogens (tertiary/aromatic N) is 4. The molecule has 0 radical (unpaired) electrons. The zero-order chi connectivity index (χ0) is 69.5. The Bertz CT molecular complexity index is 3170. The van der Waals surface area contributed by atoms with Crippen LogP contribution in [0.1, 0.15) is 220 Å².